The summed E-state index contributed by atoms with van der Waals surface area (Å²) in [6.07, 6.45) is 3.93. The van der Waals surface area contributed by atoms with Crippen molar-refractivity contribution in [1.29, 1.82) is 0 Å². The van der Waals surface area contributed by atoms with Gasteiger partial charge in [-0.25, -0.2) is 4.79 Å². The summed E-state index contributed by atoms with van der Waals surface area (Å²) in [4.78, 5) is 26.6. The van der Waals surface area contributed by atoms with Crippen LogP contribution >= 0.6 is 0 Å². The van der Waals surface area contributed by atoms with Crippen LogP contribution < -0.4 is 0 Å². The molecule has 1 aliphatic rings. The topological polar surface area (TPSA) is 60.9 Å². The van der Waals surface area contributed by atoms with E-state index in [1.165, 1.54) is 4.90 Å². The molecule has 1 saturated heterocycles. The molecular weight excluding hydrogens is 232 g/mol. The van der Waals surface area contributed by atoms with Crippen LogP contribution in [0, 0.1) is 0 Å². The van der Waals surface area contributed by atoms with Gasteiger partial charge < -0.3 is 14.9 Å². The van der Waals surface area contributed by atoms with Crippen LogP contribution in [-0.4, -0.2) is 52.1 Å². The zero-order chi connectivity index (χ0) is 13.7. The zero-order valence-electron chi connectivity index (χ0n) is 11.6. The summed E-state index contributed by atoms with van der Waals surface area (Å²) in [5, 5.41) is 8.93. The number of nitrogens with zero attached hydrogens (tertiary/aromatic N) is 2. The SMILES string of the molecule is CCC(C)N(CC(=O)O)C(=O)N1CCCCC1C. The molecule has 5 heteroatoms. The van der Waals surface area contributed by atoms with Crippen molar-refractivity contribution in [1.82, 2.24) is 9.80 Å². The molecule has 2 amide bonds. The summed E-state index contributed by atoms with van der Waals surface area (Å²) in [6, 6.07) is 0.0493. The van der Waals surface area contributed by atoms with E-state index in [-0.39, 0.29) is 24.7 Å². The lowest BCUT2D eigenvalue weighted by Crippen LogP contribution is -2.53. The Balaban J connectivity index is 2.76. The number of urea groups is 1. The highest BCUT2D eigenvalue weighted by atomic mass is 16.4. The number of carbonyl (C=O) groups is 2. The van der Waals surface area contributed by atoms with Gasteiger partial charge in [0.1, 0.15) is 6.54 Å². The molecule has 1 rings (SSSR count). The van der Waals surface area contributed by atoms with Crippen molar-refractivity contribution in [3.8, 4) is 0 Å². The minimum Gasteiger partial charge on any atom is -0.480 e. The van der Waals surface area contributed by atoms with Gasteiger partial charge in [0.25, 0.3) is 0 Å². The van der Waals surface area contributed by atoms with Crippen molar-refractivity contribution >= 4 is 12.0 Å². The standard InChI is InChI=1S/C13H24N2O3/c1-4-10(2)15(9-12(16)17)13(18)14-8-6-5-7-11(14)3/h10-11H,4-9H2,1-3H3,(H,16,17). The minimum atomic E-state index is -0.951. The van der Waals surface area contributed by atoms with Gasteiger partial charge in [0.15, 0.2) is 0 Å². The molecule has 0 bridgehead atoms. The predicted octanol–water partition coefficient (Wildman–Crippen LogP) is 2.17. The Kier molecular flexibility index (Phi) is 5.44. The van der Waals surface area contributed by atoms with Crippen LogP contribution in [0.5, 0.6) is 0 Å². The molecule has 1 fully saturated rings. The maximum atomic E-state index is 12.4. The number of likely N-dealkylation sites (tertiary alicyclic amines) is 1. The number of hydrogen-bond acceptors (Lipinski definition) is 2. The largest absolute Gasteiger partial charge is 0.480 e. The molecule has 0 aliphatic carbocycles. The van der Waals surface area contributed by atoms with Crippen molar-refractivity contribution in [3.63, 3.8) is 0 Å². The van der Waals surface area contributed by atoms with Crippen LogP contribution in [0.25, 0.3) is 0 Å². The fourth-order valence-electron chi connectivity index (χ4n) is 2.33. The highest BCUT2D eigenvalue weighted by Crippen LogP contribution is 2.19. The van der Waals surface area contributed by atoms with Crippen LogP contribution in [0.15, 0.2) is 0 Å². The smallest absolute Gasteiger partial charge is 0.323 e. The van der Waals surface area contributed by atoms with Crippen molar-refractivity contribution in [2.75, 3.05) is 13.1 Å². The van der Waals surface area contributed by atoms with Gasteiger partial charge in [-0.15, -0.1) is 0 Å². The molecule has 1 N–H and O–H groups in total. The van der Waals surface area contributed by atoms with Gasteiger partial charge in [0.2, 0.25) is 0 Å². The third-order valence-corrected chi connectivity index (χ3v) is 3.72. The Morgan fingerprint density at radius 1 is 1.44 bits per heavy atom. The molecule has 5 nitrogen and oxygen atoms in total. The van der Waals surface area contributed by atoms with Gasteiger partial charge in [-0.1, -0.05) is 6.92 Å². The molecule has 0 aromatic carbocycles. The van der Waals surface area contributed by atoms with Crippen molar-refractivity contribution in [3.05, 3.63) is 0 Å². The lowest BCUT2D eigenvalue weighted by atomic mass is 10.0. The number of amides is 2. The van der Waals surface area contributed by atoms with Crippen LogP contribution in [0.3, 0.4) is 0 Å². The van der Waals surface area contributed by atoms with Crippen molar-refractivity contribution < 1.29 is 14.7 Å². The summed E-state index contributed by atoms with van der Waals surface area (Å²) < 4.78 is 0. The van der Waals surface area contributed by atoms with Gasteiger partial charge in [0, 0.05) is 18.6 Å². The number of carbonyl (C=O) groups excluding carboxylic acids is 1. The van der Waals surface area contributed by atoms with E-state index in [1.807, 2.05) is 25.7 Å². The average Bonchev–Trinajstić information content (AvgIpc) is 2.34. The van der Waals surface area contributed by atoms with E-state index in [9.17, 15) is 9.59 Å². The molecule has 104 valence electrons. The lowest BCUT2D eigenvalue weighted by molar-refractivity contribution is -0.138. The number of carboxylic acid groups (broad SMARTS) is 1. The summed E-state index contributed by atoms with van der Waals surface area (Å²) in [5.41, 5.74) is 0. The number of piperidine rings is 1. The Morgan fingerprint density at radius 3 is 2.61 bits per heavy atom. The highest BCUT2D eigenvalue weighted by Gasteiger charge is 2.30. The monoisotopic (exact) mass is 256 g/mol. The first-order valence-corrected chi connectivity index (χ1v) is 6.76. The van der Waals surface area contributed by atoms with E-state index >= 15 is 0 Å². The Hall–Kier alpha value is -1.26. The maximum absolute atomic E-state index is 12.4. The Labute approximate surface area is 109 Å². The molecule has 18 heavy (non-hydrogen) atoms. The van der Waals surface area contributed by atoms with E-state index in [4.69, 9.17) is 5.11 Å². The lowest BCUT2D eigenvalue weighted by Gasteiger charge is -2.39. The van der Waals surface area contributed by atoms with Crippen LogP contribution in [-0.2, 0) is 4.79 Å². The molecule has 0 aromatic rings. The minimum absolute atomic E-state index is 0.0391. The van der Waals surface area contributed by atoms with Crippen molar-refractivity contribution in [2.45, 2.75) is 58.5 Å². The molecule has 2 atom stereocenters. The van der Waals surface area contributed by atoms with Crippen LogP contribution in [0.2, 0.25) is 0 Å². The third-order valence-electron chi connectivity index (χ3n) is 3.72. The first-order chi connectivity index (χ1) is 8.47. The Bertz CT molecular complexity index is 307. The molecule has 0 saturated carbocycles. The molecule has 1 heterocycles. The predicted molar refractivity (Wildman–Crippen MR) is 69.5 cm³/mol. The third kappa shape index (κ3) is 3.62. The normalized spacial score (nSPS) is 21.5. The van der Waals surface area contributed by atoms with E-state index in [0.717, 1.165) is 32.2 Å². The first kappa shape index (κ1) is 14.8. The summed E-state index contributed by atoms with van der Waals surface area (Å²) in [6.45, 7) is 6.43. The molecule has 2 unspecified atom stereocenters. The second kappa shape index (κ2) is 6.61. The molecule has 0 aromatic heterocycles. The second-order valence-corrected chi connectivity index (χ2v) is 5.10. The van der Waals surface area contributed by atoms with Crippen LogP contribution in [0.4, 0.5) is 4.79 Å². The van der Waals surface area contributed by atoms with Gasteiger partial charge in [0.05, 0.1) is 0 Å². The first-order valence-electron chi connectivity index (χ1n) is 6.76. The van der Waals surface area contributed by atoms with Gasteiger partial charge in [-0.2, -0.15) is 0 Å². The fraction of sp³-hybridized carbons (Fsp3) is 0.846. The van der Waals surface area contributed by atoms with Gasteiger partial charge >= 0.3 is 12.0 Å². The highest BCUT2D eigenvalue weighted by molar-refractivity contribution is 5.80. The quantitative estimate of drug-likeness (QED) is 0.838. The maximum Gasteiger partial charge on any atom is 0.323 e. The van der Waals surface area contributed by atoms with Gasteiger partial charge in [-0.05, 0) is 39.5 Å². The van der Waals surface area contributed by atoms with E-state index in [0.29, 0.717) is 0 Å². The van der Waals surface area contributed by atoms with Crippen molar-refractivity contribution in [2.24, 2.45) is 0 Å². The Morgan fingerprint density at radius 2 is 2.11 bits per heavy atom. The second-order valence-electron chi connectivity index (χ2n) is 5.10. The van der Waals surface area contributed by atoms with Crippen LogP contribution in [0.1, 0.15) is 46.5 Å². The molecule has 0 radical (unpaired) electrons. The molecule has 0 spiro atoms. The zero-order valence-corrected chi connectivity index (χ0v) is 11.6. The van der Waals surface area contributed by atoms with E-state index < -0.39 is 5.97 Å². The summed E-state index contributed by atoms with van der Waals surface area (Å²) >= 11 is 0. The number of hydrogen-bond donors (Lipinski definition) is 1. The molecular formula is C13H24N2O3. The fourth-order valence-corrected chi connectivity index (χ4v) is 2.33. The average molecular weight is 256 g/mol. The molecule has 1 aliphatic heterocycles. The number of aliphatic carboxylic acids is 1. The summed E-state index contributed by atoms with van der Waals surface area (Å²) in [7, 11) is 0. The number of carboxylic acids is 1. The number of rotatable bonds is 4. The van der Waals surface area contributed by atoms with E-state index in [2.05, 4.69) is 0 Å². The van der Waals surface area contributed by atoms with Gasteiger partial charge in [-0.3, -0.25) is 4.79 Å². The van der Waals surface area contributed by atoms with E-state index in [1.54, 1.807) is 0 Å². The summed E-state index contributed by atoms with van der Waals surface area (Å²) in [5.74, 6) is -0.951.